The van der Waals surface area contributed by atoms with Crippen molar-refractivity contribution in [3.8, 4) is 11.8 Å². The summed E-state index contributed by atoms with van der Waals surface area (Å²) in [6.07, 6.45) is 0. The van der Waals surface area contributed by atoms with Gasteiger partial charge in [0.05, 0.1) is 23.1 Å². The standard InChI is InChI=1S/C11H12BrNO/c1-11(2,7-13)8-4-5-9(12)10(6-8)14-3/h4-6H,1-3H3. The summed E-state index contributed by atoms with van der Waals surface area (Å²) in [5.74, 6) is 0.755. The first kappa shape index (κ1) is 11.1. The van der Waals surface area contributed by atoms with Gasteiger partial charge in [-0.3, -0.25) is 0 Å². The van der Waals surface area contributed by atoms with Gasteiger partial charge in [-0.15, -0.1) is 0 Å². The SMILES string of the molecule is COc1cc(C(C)(C)C#N)ccc1Br. The van der Waals surface area contributed by atoms with Gasteiger partial charge >= 0.3 is 0 Å². The zero-order valence-corrected chi connectivity index (χ0v) is 10.1. The van der Waals surface area contributed by atoms with Crippen molar-refractivity contribution in [1.29, 1.82) is 5.26 Å². The lowest BCUT2D eigenvalue weighted by Crippen LogP contribution is -2.13. The molecular weight excluding hydrogens is 242 g/mol. The fourth-order valence-corrected chi connectivity index (χ4v) is 1.52. The van der Waals surface area contributed by atoms with Gasteiger partial charge in [-0.05, 0) is 47.5 Å². The molecule has 3 heteroatoms. The average Bonchev–Trinajstić information content (AvgIpc) is 2.18. The van der Waals surface area contributed by atoms with Crippen molar-refractivity contribution in [3.05, 3.63) is 28.2 Å². The second-order valence-corrected chi connectivity index (χ2v) is 4.44. The fourth-order valence-electron chi connectivity index (χ4n) is 1.11. The normalized spacial score (nSPS) is 10.8. The van der Waals surface area contributed by atoms with E-state index < -0.39 is 5.41 Å². The van der Waals surface area contributed by atoms with E-state index in [0.29, 0.717) is 0 Å². The zero-order valence-electron chi connectivity index (χ0n) is 8.47. The molecule has 0 amide bonds. The van der Waals surface area contributed by atoms with Gasteiger partial charge in [0.15, 0.2) is 0 Å². The van der Waals surface area contributed by atoms with Crippen molar-refractivity contribution in [2.75, 3.05) is 7.11 Å². The summed E-state index contributed by atoms with van der Waals surface area (Å²) in [5, 5.41) is 8.98. The zero-order chi connectivity index (χ0) is 10.8. The van der Waals surface area contributed by atoms with E-state index in [1.807, 2.05) is 32.0 Å². The van der Waals surface area contributed by atoms with E-state index in [4.69, 9.17) is 10.00 Å². The molecule has 0 unspecified atom stereocenters. The van der Waals surface area contributed by atoms with Crippen LogP contribution in [0.5, 0.6) is 5.75 Å². The van der Waals surface area contributed by atoms with Crippen LogP contribution in [-0.2, 0) is 5.41 Å². The number of nitriles is 1. The average molecular weight is 254 g/mol. The molecule has 74 valence electrons. The number of benzene rings is 1. The Morgan fingerprint density at radius 1 is 1.43 bits per heavy atom. The van der Waals surface area contributed by atoms with Crippen LogP contribution in [0.2, 0.25) is 0 Å². The highest BCUT2D eigenvalue weighted by atomic mass is 79.9. The molecule has 0 aliphatic heterocycles. The number of rotatable bonds is 2. The van der Waals surface area contributed by atoms with Crippen LogP contribution in [0.1, 0.15) is 19.4 Å². The number of methoxy groups -OCH3 is 1. The summed E-state index contributed by atoms with van der Waals surface area (Å²) >= 11 is 3.37. The van der Waals surface area contributed by atoms with Gasteiger partial charge in [-0.25, -0.2) is 0 Å². The van der Waals surface area contributed by atoms with Crippen LogP contribution in [0.25, 0.3) is 0 Å². The lowest BCUT2D eigenvalue weighted by Gasteiger charge is -2.16. The Hall–Kier alpha value is -1.01. The van der Waals surface area contributed by atoms with Gasteiger partial charge < -0.3 is 4.74 Å². The van der Waals surface area contributed by atoms with Crippen LogP contribution in [0.15, 0.2) is 22.7 Å². The third-order valence-electron chi connectivity index (χ3n) is 2.15. The molecule has 0 aliphatic carbocycles. The quantitative estimate of drug-likeness (QED) is 0.811. The van der Waals surface area contributed by atoms with Gasteiger partial charge in [0.2, 0.25) is 0 Å². The monoisotopic (exact) mass is 253 g/mol. The van der Waals surface area contributed by atoms with E-state index >= 15 is 0 Å². The van der Waals surface area contributed by atoms with E-state index in [0.717, 1.165) is 15.8 Å². The maximum atomic E-state index is 8.98. The van der Waals surface area contributed by atoms with Gasteiger partial charge in [0.1, 0.15) is 5.75 Å². The molecule has 0 aliphatic rings. The Balaban J connectivity index is 3.21. The molecule has 0 atom stereocenters. The van der Waals surface area contributed by atoms with Gasteiger partial charge in [0.25, 0.3) is 0 Å². The summed E-state index contributed by atoms with van der Waals surface area (Å²) in [4.78, 5) is 0. The molecule has 0 saturated carbocycles. The first-order valence-corrected chi connectivity index (χ1v) is 5.06. The Morgan fingerprint density at radius 2 is 2.07 bits per heavy atom. The topological polar surface area (TPSA) is 33.0 Å². The van der Waals surface area contributed by atoms with Gasteiger partial charge in [0, 0.05) is 0 Å². The molecule has 14 heavy (non-hydrogen) atoms. The molecule has 1 aromatic carbocycles. The highest BCUT2D eigenvalue weighted by molar-refractivity contribution is 9.10. The minimum Gasteiger partial charge on any atom is -0.496 e. The van der Waals surface area contributed by atoms with Crippen molar-refractivity contribution >= 4 is 15.9 Å². The molecule has 1 aromatic rings. The summed E-state index contributed by atoms with van der Waals surface area (Å²) in [5.41, 5.74) is 0.480. The van der Waals surface area contributed by atoms with E-state index in [1.54, 1.807) is 7.11 Å². The lowest BCUT2D eigenvalue weighted by atomic mass is 9.86. The Labute approximate surface area is 92.6 Å². The first-order chi connectivity index (χ1) is 6.51. The fraction of sp³-hybridized carbons (Fsp3) is 0.364. The van der Waals surface area contributed by atoms with Crippen LogP contribution in [-0.4, -0.2) is 7.11 Å². The molecule has 0 heterocycles. The molecule has 2 nitrogen and oxygen atoms in total. The number of ether oxygens (including phenoxy) is 1. The minimum atomic E-state index is -0.478. The smallest absolute Gasteiger partial charge is 0.133 e. The number of hydrogen-bond acceptors (Lipinski definition) is 2. The van der Waals surface area contributed by atoms with Crippen molar-refractivity contribution in [3.63, 3.8) is 0 Å². The molecule has 0 radical (unpaired) electrons. The lowest BCUT2D eigenvalue weighted by molar-refractivity contribution is 0.411. The summed E-state index contributed by atoms with van der Waals surface area (Å²) in [6.45, 7) is 3.77. The molecule has 1 rings (SSSR count). The van der Waals surface area contributed by atoms with Gasteiger partial charge in [-0.1, -0.05) is 6.07 Å². The van der Waals surface area contributed by atoms with Gasteiger partial charge in [-0.2, -0.15) is 5.26 Å². The highest BCUT2D eigenvalue weighted by Gasteiger charge is 2.20. The summed E-state index contributed by atoms with van der Waals surface area (Å²) < 4.78 is 6.07. The van der Waals surface area contributed by atoms with Crippen molar-refractivity contribution < 1.29 is 4.74 Å². The minimum absolute atomic E-state index is 0.478. The van der Waals surface area contributed by atoms with Crippen LogP contribution in [0, 0.1) is 11.3 Å². The predicted molar refractivity (Wildman–Crippen MR) is 59.3 cm³/mol. The van der Waals surface area contributed by atoms with Crippen LogP contribution >= 0.6 is 15.9 Å². The molecule has 0 aromatic heterocycles. The maximum Gasteiger partial charge on any atom is 0.133 e. The van der Waals surface area contributed by atoms with Crippen LogP contribution < -0.4 is 4.74 Å². The third kappa shape index (κ3) is 2.08. The van der Waals surface area contributed by atoms with Crippen molar-refractivity contribution in [2.24, 2.45) is 0 Å². The van der Waals surface area contributed by atoms with Crippen molar-refractivity contribution in [2.45, 2.75) is 19.3 Å². The number of nitrogens with zero attached hydrogens (tertiary/aromatic N) is 1. The number of halogens is 1. The number of hydrogen-bond donors (Lipinski definition) is 0. The third-order valence-corrected chi connectivity index (χ3v) is 2.81. The van der Waals surface area contributed by atoms with Crippen molar-refractivity contribution in [1.82, 2.24) is 0 Å². The van der Waals surface area contributed by atoms with E-state index in [9.17, 15) is 0 Å². The molecule has 0 saturated heterocycles. The van der Waals surface area contributed by atoms with Crippen LogP contribution in [0.3, 0.4) is 0 Å². The maximum absolute atomic E-state index is 8.98. The highest BCUT2D eigenvalue weighted by Crippen LogP contribution is 2.31. The largest absolute Gasteiger partial charge is 0.496 e. The summed E-state index contributed by atoms with van der Waals surface area (Å²) in [7, 11) is 1.61. The molecular formula is C11H12BrNO. The Bertz CT molecular complexity index is 379. The van der Waals surface area contributed by atoms with E-state index in [-0.39, 0.29) is 0 Å². The Kier molecular flexibility index (Phi) is 3.17. The molecule has 0 N–H and O–H groups in total. The predicted octanol–water partition coefficient (Wildman–Crippen LogP) is 3.26. The van der Waals surface area contributed by atoms with E-state index in [2.05, 4.69) is 22.0 Å². The summed E-state index contributed by atoms with van der Waals surface area (Å²) in [6, 6.07) is 7.96. The van der Waals surface area contributed by atoms with E-state index in [1.165, 1.54) is 0 Å². The first-order valence-electron chi connectivity index (χ1n) is 4.26. The second-order valence-electron chi connectivity index (χ2n) is 3.59. The Morgan fingerprint density at radius 3 is 2.57 bits per heavy atom. The molecule has 0 spiro atoms. The van der Waals surface area contributed by atoms with Crippen LogP contribution in [0.4, 0.5) is 0 Å². The second kappa shape index (κ2) is 4.02. The molecule has 0 bridgehead atoms. The molecule has 0 fully saturated rings.